The van der Waals surface area contributed by atoms with Gasteiger partial charge in [0.2, 0.25) is 5.91 Å². The molecule has 1 N–H and O–H groups in total. The molecule has 0 radical (unpaired) electrons. The van der Waals surface area contributed by atoms with Crippen LogP contribution in [0.1, 0.15) is 37.7 Å². The minimum Gasteiger partial charge on any atom is -0.273 e. The lowest BCUT2D eigenvalue weighted by molar-refractivity contribution is -0.125. The fourth-order valence-corrected chi connectivity index (χ4v) is 2.72. The van der Waals surface area contributed by atoms with E-state index in [0.717, 1.165) is 31.2 Å². The number of hydrazone groups is 1. The molecule has 0 unspecified atom stereocenters. The zero-order valence-corrected chi connectivity index (χ0v) is 12.1. The van der Waals surface area contributed by atoms with Gasteiger partial charge >= 0.3 is 0 Å². The minimum absolute atomic E-state index is 0.0664. The minimum atomic E-state index is 0.0664. The molecule has 3 nitrogen and oxygen atoms in total. The number of carbonyl (C=O) groups is 1. The Balaban J connectivity index is 1.83. The van der Waals surface area contributed by atoms with E-state index in [9.17, 15) is 4.79 Å². The van der Waals surface area contributed by atoms with Gasteiger partial charge in [0, 0.05) is 10.8 Å². The lowest BCUT2D eigenvalue weighted by atomic mass is 9.89. The van der Waals surface area contributed by atoms with Crippen molar-refractivity contribution in [3.8, 4) is 0 Å². The van der Waals surface area contributed by atoms with Crippen molar-refractivity contribution in [2.45, 2.75) is 37.0 Å². The molecule has 19 heavy (non-hydrogen) atoms. The molecular formula is C15H20N2OS. The van der Waals surface area contributed by atoms with Gasteiger partial charge in [0.25, 0.3) is 0 Å². The molecule has 1 aliphatic carbocycles. The van der Waals surface area contributed by atoms with Crippen LogP contribution in [0.3, 0.4) is 0 Å². The van der Waals surface area contributed by atoms with E-state index in [1.165, 1.54) is 11.3 Å². The Morgan fingerprint density at radius 2 is 1.95 bits per heavy atom. The number of nitrogens with zero attached hydrogens (tertiary/aromatic N) is 1. The number of thioether (sulfide) groups is 1. The maximum absolute atomic E-state index is 11.9. The molecule has 0 heterocycles. The molecule has 1 fully saturated rings. The molecule has 1 aromatic carbocycles. The van der Waals surface area contributed by atoms with E-state index in [4.69, 9.17) is 0 Å². The Labute approximate surface area is 118 Å². The van der Waals surface area contributed by atoms with Crippen LogP contribution < -0.4 is 5.43 Å². The lowest BCUT2D eigenvalue weighted by Crippen LogP contribution is -2.28. The number of carbonyl (C=O) groups excluding carboxylic acids is 1. The van der Waals surface area contributed by atoms with E-state index in [2.05, 4.69) is 22.7 Å². The van der Waals surface area contributed by atoms with Crippen molar-refractivity contribution in [2.75, 3.05) is 6.26 Å². The van der Waals surface area contributed by atoms with Crippen LogP contribution in [0.5, 0.6) is 0 Å². The van der Waals surface area contributed by atoms with Crippen LogP contribution in [0.2, 0.25) is 0 Å². The van der Waals surface area contributed by atoms with Crippen molar-refractivity contribution < 1.29 is 4.79 Å². The van der Waals surface area contributed by atoms with Gasteiger partial charge in [-0.15, -0.1) is 11.8 Å². The monoisotopic (exact) mass is 276 g/mol. The van der Waals surface area contributed by atoms with Crippen LogP contribution in [0.15, 0.2) is 34.3 Å². The van der Waals surface area contributed by atoms with E-state index in [1.807, 2.05) is 18.4 Å². The molecule has 1 aromatic rings. The van der Waals surface area contributed by atoms with Gasteiger partial charge in [-0.3, -0.25) is 4.79 Å². The van der Waals surface area contributed by atoms with Gasteiger partial charge in [-0.05, 0) is 36.8 Å². The highest BCUT2D eigenvalue weighted by Crippen LogP contribution is 2.23. The predicted octanol–water partition coefficient (Wildman–Crippen LogP) is 3.44. The molecule has 102 valence electrons. The third kappa shape index (κ3) is 4.39. The van der Waals surface area contributed by atoms with E-state index in [0.29, 0.717) is 0 Å². The largest absolute Gasteiger partial charge is 0.273 e. The standard InChI is InChI=1S/C15H20N2OS/c1-19-14-9-7-12(8-10-14)11-16-17-15(18)13-5-3-2-4-6-13/h7-11,13H,2-6H2,1H3,(H,17,18). The number of rotatable bonds is 4. The first-order valence-corrected chi connectivity index (χ1v) is 7.99. The van der Waals surface area contributed by atoms with Crippen molar-refractivity contribution in [3.63, 3.8) is 0 Å². The second-order valence-electron chi connectivity index (χ2n) is 4.84. The fourth-order valence-electron chi connectivity index (χ4n) is 2.32. The van der Waals surface area contributed by atoms with Crippen molar-refractivity contribution >= 4 is 23.9 Å². The summed E-state index contributed by atoms with van der Waals surface area (Å²) < 4.78 is 0. The summed E-state index contributed by atoms with van der Waals surface area (Å²) >= 11 is 1.71. The summed E-state index contributed by atoms with van der Waals surface area (Å²) in [6, 6.07) is 8.11. The van der Waals surface area contributed by atoms with Crippen molar-refractivity contribution in [3.05, 3.63) is 29.8 Å². The Hall–Kier alpha value is -1.29. The number of amides is 1. The topological polar surface area (TPSA) is 41.5 Å². The Bertz CT molecular complexity index is 436. The third-order valence-electron chi connectivity index (χ3n) is 3.48. The molecule has 0 saturated heterocycles. The molecule has 2 rings (SSSR count). The van der Waals surface area contributed by atoms with Crippen LogP contribution in [0, 0.1) is 5.92 Å². The van der Waals surface area contributed by atoms with E-state index < -0.39 is 0 Å². The second kappa shape index (κ2) is 7.34. The molecule has 0 atom stereocenters. The summed E-state index contributed by atoms with van der Waals surface area (Å²) in [5.74, 6) is 0.224. The normalized spacial score (nSPS) is 16.7. The summed E-state index contributed by atoms with van der Waals surface area (Å²) in [5.41, 5.74) is 3.66. The Kier molecular flexibility index (Phi) is 5.45. The second-order valence-corrected chi connectivity index (χ2v) is 5.72. The average Bonchev–Trinajstić information content (AvgIpc) is 2.49. The lowest BCUT2D eigenvalue weighted by Gasteiger charge is -2.19. The maximum atomic E-state index is 11.9. The average molecular weight is 276 g/mol. The van der Waals surface area contributed by atoms with E-state index in [1.54, 1.807) is 18.0 Å². The summed E-state index contributed by atoms with van der Waals surface area (Å²) in [6.45, 7) is 0. The van der Waals surface area contributed by atoms with E-state index >= 15 is 0 Å². The third-order valence-corrected chi connectivity index (χ3v) is 4.22. The smallest absolute Gasteiger partial charge is 0.243 e. The first kappa shape index (κ1) is 14.1. The first-order chi connectivity index (χ1) is 9.29. The molecule has 0 bridgehead atoms. The highest BCUT2D eigenvalue weighted by molar-refractivity contribution is 7.98. The van der Waals surface area contributed by atoms with Crippen LogP contribution in [-0.2, 0) is 4.79 Å². The van der Waals surface area contributed by atoms with Crippen molar-refractivity contribution in [1.29, 1.82) is 0 Å². The summed E-state index contributed by atoms with van der Waals surface area (Å²) in [7, 11) is 0. The Morgan fingerprint density at radius 3 is 2.58 bits per heavy atom. The van der Waals surface area contributed by atoms with Crippen LogP contribution in [0.4, 0.5) is 0 Å². The van der Waals surface area contributed by atoms with Crippen molar-refractivity contribution in [2.24, 2.45) is 11.0 Å². The van der Waals surface area contributed by atoms with Crippen LogP contribution in [-0.4, -0.2) is 18.4 Å². The number of hydrogen-bond acceptors (Lipinski definition) is 3. The van der Waals surface area contributed by atoms with Gasteiger partial charge in [0.1, 0.15) is 0 Å². The zero-order valence-electron chi connectivity index (χ0n) is 11.3. The van der Waals surface area contributed by atoms with Gasteiger partial charge in [-0.25, -0.2) is 5.43 Å². The summed E-state index contributed by atoms with van der Waals surface area (Å²) in [4.78, 5) is 13.1. The molecule has 0 spiro atoms. The number of hydrogen-bond donors (Lipinski definition) is 1. The van der Waals surface area contributed by atoms with Gasteiger partial charge in [0.15, 0.2) is 0 Å². The first-order valence-electron chi connectivity index (χ1n) is 6.76. The molecule has 1 aliphatic rings. The zero-order chi connectivity index (χ0) is 13.5. The Morgan fingerprint density at radius 1 is 1.26 bits per heavy atom. The number of benzene rings is 1. The summed E-state index contributed by atoms with van der Waals surface area (Å²) in [6.07, 6.45) is 9.34. The van der Waals surface area contributed by atoms with E-state index in [-0.39, 0.29) is 11.8 Å². The molecule has 4 heteroatoms. The van der Waals surface area contributed by atoms with Gasteiger partial charge < -0.3 is 0 Å². The summed E-state index contributed by atoms with van der Waals surface area (Å²) in [5, 5.41) is 4.04. The van der Waals surface area contributed by atoms with Gasteiger partial charge in [-0.1, -0.05) is 31.4 Å². The van der Waals surface area contributed by atoms with Crippen molar-refractivity contribution in [1.82, 2.24) is 5.43 Å². The van der Waals surface area contributed by atoms with Crippen LogP contribution in [0.25, 0.3) is 0 Å². The quantitative estimate of drug-likeness (QED) is 0.520. The van der Waals surface area contributed by atoms with Gasteiger partial charge in [0.05, 0.1) is 6.21 Å². The maximum Gasteiger partial charge on any atom is 0.243 e. The molecular weight excluding hydrogens is 256 g/mol. The highest BCUT2D eigenvalue weighted by Gasteiger charge is 2.20. The highest BCUT2D eigenvalue weighted by atomic mass is 32.2. The molecule has 1 saturated carbocycles. The van der Waals surface area contributed by atoms with Crippen LogP contribution >= 0.6 is 11.8 Å². The van der Waals surface area contributed by atoms with Gasteiger partial charge in [-0.2, -0.15) is 5.10 Å². The molecule has 0 aliphatic heterocycles. The predicted molar refractivity (Wildman–Crippen MR) is 80.5 cm³/mol. The SMILES string of the molecule is CSc1ccc(C=NNC(=O)C2CCCCC2)cc1. The molecule has 1 amide bonds. The number of nitrogens with one attached hydrogen (secondary N) is 1. The molecule has 0 aromatic heterocycles. The fraction of sp³-hybridized carbons (Fsp3) is 0.467.